The second-order valence-corrected chi connectivity index (χ2v) is 16.1. The van der Waals surface area contributed by atoms with Gasteiger partial charge in [-0.25, -0.2) is 19.2 Å². The molecule has 0 saturated carbocycles. The van der Waals surface area contributed by atoms with Crippen LogP contribution in [0, 0.1) is 22.7 Å². The van der Waals surface area contributed by atoms with Crippen LogP contribution in [0.3, 0.4) is 0 Å². The Morgan fingerprint density at radius 3 is 1.11 bits per heavy atom. The maximum atomic E-state index is 13.3. The van der Waals surface area contributed by atoms with Crippen LogP contribution >= 0.6 is 23.5 Å². The van der Waals surface area contributed by atoms with Crippen LogP contribution in [0.5, 0.6) is 34.5 Å². The molecule has 0 N–H and O–H groups in total. The first-order valence-corrected chi connectivity index (χ1v) is 21.3. The lowest BCUT2D eigenvalue weighted by Crippen LogP contribution is -2.12. The lowest BCUT2D eigenvalue weighted by atomic mass is 10.2. The van der Waals surface area contributed by atoms with Gasteiger partial charge in [-0.15, -0.1) is 0 Å². The average molecular weight is 901 g/mol. The molecule has 2 atom stereocenters. The lowest BCUT2D eigenvalue weighted by molar-refractivity contribution is 0.0709. The third-order valence-corrected chi connectivity index (χ3v) is 12.1. The molecule has 5 aromatic carbocycles. The summed E-state index contributed by atoms with van der Waals surface area (Å²) in [5, 5.41) is 19.2. The lowest BCUT2D eigenvalue weighted by Gasteiger charge is -2.12. The summed E-state index contributed by atoms with van der Waals surface area (Å²) in [6.45, 7) is 4.81. The summed E-state index contributed by atoms with van der Waals surface area (Å²) >= 11 is 2.04. The number of esters is 4. The van der Waals surface area contributed by atoms with Gasteiger partial charge in [-0.2, -0.15) is 10.5 Å². The standard InChI is InChI=1S/C48H40N2O12S2/c1-29(55-3)23-25-57-36-13-5-31(6-14-36)44(51)59-38-17-9-33(10-18-38)46(53)61-40-21-22-41(43-42(40)63-48(64-43)35(27-49)28-50)62-47(54)34-11-19-39(20-12-34)60-45(52)32-7-15-37(16-8-32)58-26-24-30(2)56-4/h5-22,29-30H,23-26H2,1-4H3. The van der Waals surface area contributed by atoms with Gasteiger partial charge in [-0.1, -0.05) is 23.5 Å². The number of benzene rings is 5. The third kappa shape index (κ3) is 12.3. The zero-order valence-corrected chi connectivity index (χ0v) is 36.6. The Bertz CT molecular complexity index is 2420. The van der Waals surface area contributed by atoms with Crippen molar-refractivity contribution in [3.8, 4) is 46.6 Å². The van der Waals surface area contributed by atoms with E-state index in [4.69, 9.17) is 37.9 Å². The number of nitrogens with zero attached hydrogens (tertiary/aromatic N) is 2. The van der Waals surface area contributed by atoms with Gasteiger partial charge in [0.1, 0.15) is 52.2 Å². The van der Waals surface area contributed by atoms with Crippen LogP contribution in [0.15, 0.2) is 129 Å². The third-order valence-electron chi connectivity index (χ3n) is 9.43. The highest BCUT2D eigenvalue weighted by Gasteiger charge is 2.31. The van der Waals surface area contributed by atoms with Crippen molar-refractivity contribution in [2.75, 3.05) is 27.4 Å². The minimum absolute atomic E-state index is 0.0615. The number of hydrogen-bond acceptors (Lipinski definition) is 16. The Balaban J connectivity index is 1.07. The van der Waals surface area contributed by atoms with E-state index >= 15 is 0 Å². The van der Waals surface area contributed by atoms with Gasteiger partial charge in [-0.05, 0) is 123 Å². The molecule has 0 saturated heterocycles. The molecule has 0 fully saturated rings. The molecule has 326 valence electrons. The van der Waals surface area contributed by atoms with Crippen molar-refractivity contribution >= 4 is 47.4 Å². The van der Waals surface area contributed by atoms with Crippen molar-refractivity contribution in [1.29, 1.82) is 10.5 Å². The van der Waals surface area contributed by atoms with Gasteiger partial charge in [-0.3, -0.25) is 0 Å². The Morgan fingerprint density at radius 1 is 0.484 bits per heavy atom. The highest BCUT2D eigenvalue weighted by molar-refractivity contribution is 8.24. The molecule has 0 bridgehead atoms. The topological polar surface area (TPSA) is 190 Å². The molecule has 1 heterocycles. The van der Waals surface area contributed by atoms with E-state index in [0.717, 1.165) is 23.5 Å². The van der Waals surface area contributed by atoms with E-state index in [1.54, 1.807) is 62.8 Å². The molecule has 0 aliphatic carbocycles. The van der Waals surface area contributed by atoms with Gasteiger partial charge < -0.3 is 37.9 Å². The number of rotatable bonds is 18. The van der Waals surface area contributed by atoms with Crippen molar-refractivity contribution in [3.63, 3.8) is 0 Å². The Morgan fingerprint density at radius 2 is 0.797 bits per heavy atom. The van der Waals surface area contributed by atoms with Crippen molar-refractivity contribution in [2.24, 2.45) is 0 Å². The zero-order valence-electron chi connectivity index (χ0n) is 35.0. The molecule has 0 amide bonds. The Hall–Kier alpha value is -7.08. The van der Waals surface area contributed by atoms with E-state index in [2.05, 4.69) is 0 Å². The number of fused-ring (bicyclic) bond motifs is 1. The average Bonchev–Trinajstić information content (AvgIpc) is 3.77. The fraction of sp³-hybridized carbons (Fsp3) is 0.208. The second kappa shape index (κ2) is 22.3. The summed E-state index contributed by atoms with van der Waals surface area (Å²) in [6, 6.07) is 31.2. The SMILES string of the molecule is COC(C)CCOc1ccc(C(=O)Oc2ccc(C(=O)Oc3ccc(OC(=O)c4ccc(OC(=O)c5ccc(OCCC(C)OC)cc5)cc4)c4c3SC(=C(C#N)C#N)S4)cc2)cc1. The summed E-state index contributed by atoms with van der Waals surface area (Å²) in [4.78, 5) is 53.0. The van der Waals surface area contributed by atoms with E-state index < -0.39 is 23.9 Å². The van der Waals surface area contributed by atoms with Gasteiger partial charge in [0.2, 0.25) is 0 Å². The first kappa shape index (κ1) is 46.4. The summed E-state index contributed by atoms with van der Waals surface area (Å²) in [7, 11) is 3.27. The molecule has 6 rings (SSSR count). The Labute approximate surface area is 377 Å². The second-order valence-electron chi connectivity index (χ2n) is 13.8. The zero-order chi connectivity index (χ0) is 45.6. The van der Waals surface area contributed by atoms with Crippen LogP contribution in [-0.2, 0) is 9.47 Å². The summed E-state index contributed by atoms with van der Waals surface area (Å²) in [5.41, 5.74) is 0.693. The van der Waals surface area contributed by atoms with Gasteiger partial charge in [0.25, 0.3) is 0 Å². The van der Waals surface area contributed by atoms with Crippen molar-refractivity contribution in [2.45, 2.75) is 48.7 Å². The predicted molar refractivity (Wildman–Crippen MR) is 235 cm³/mol. The maximum Gasteiger partial charge on any atom is 0.343 e. The molecule has 0 aromatic heterocycles. The molecule has 0 spiro atoms. The summed E-state index contributed by atoms with van der Waals surface area (Å²) in [6.07, 6.45) is 1.55. The van der Waals surface area contributed by atoms with Crippen LogP contribution in [-0.4, -0.2) is 63.5 Å². The van der Waals surface area contributed by atoms with Crippen LogP contribution in [0.25, 0.3) is 0 Å². The minimum atomic E-state index is -0.751. The first-order valence-electron chi connectivity index (χ1n) is 19.7. The Kier molecular flexibility index (Phi) is 16.2. The van der Waals surface area contributed by atoms with Gasteiger partial charge in [0, 0.05) is 27.1 Å². The molecule has 16 heteroatoms. The number of thioether (sulfide) groups is 2. The van der Waals surface area contributed by atoms with E-state index in [1.165, 1.54) is 60.7 Å². The number of nitriles is 2. The number of ether oxygens (including phenoxy) is 8. The highest BCUT2D eigenvalue weighted by atomic mass is 32.2. The summed E-state index contributed by atoms with van der Waals surface area (Å²) in [5.74, 6) is -0.957. The predicted octanol–water partition coefficient (Wildman–Crippen LogP) is 9.63. The molecular weight excluding hydrogens is 861 g/mol. The monoisotopic (exact) mass is 900 g/mol. The smallest absolute Gasteiger partial charge is 0.343 e. The largest absolute Gasteiger partial charge is 0.493 e. The number of hydrogen-bond donors (Lipinski definition) is 0. The number of carbonyl (C=O) groups is 4. The minimum Gasteiger partial charge on any atom is -0.493 e. The molecule has 5 aromatic rings. The van der Waals surface area contributed by atoms with Crippen molar-refractivity contribution in [3.05, 3.63) is 141 Å². The van der Waals surface area contributed by atoms with Gasteiger partial charge in [0.05, 0.1) is 61.7 Å². The number of allylic oxidation sites excluding steroid dienone is 1. The van der Waals surface area contributed by atoms with Crippen LogP contribution in [0.2, 0.25) is 0 Å². The van der Waals surface area contributed by atoms with E-state index in [1.807, 2.05) is 26.0 Å². The fourth-order valence-electron chi connectivity index (χ4n) is 5.57. The van der Waals surface area contributed by atoms with Gasteiger partial charge in [0.15, 0.2) is 0 Å². The van der Waals surface area contributed by atoms with E-state index in [9.17, 15) is 29.7 Å². The fourth-order valence-corrected chi connectivity index (χ4v) is 8.05. The summed E-state index contributed by atoms with van der Waals surface area (Å²) < 4.78 is 44.6. The molecule has 2 unspecified atom stereocenters. The van der Waals surface area contributed by atoms with Crippen LogP contribution in [0.1, 0.15) is 68.1 Å². The van der Waals surface area contributed by atoms with Crippen molar-refractivity contribution in [1.82, 2.24) is 0 Å². The van der Waals surface area contributed by atoms with Crippen LogP contribution < -0.4 is 28.4 Å². The van der Waals surface area contributed by atoms with Crippen molar-refractivity contribution < 1.29 is 57.1 Å². The normalized spacial score (nSPS) is 12.4. The molecule has 64 heavy (non-hydrogen) atoms. The van der Waals surface area contributed by atoms with Gasteiger partial charge >= 0.3 is 23.9 Å². The number of carbonyl (C=O) groups excluding carboxylic acids is 4. The quantitative estimate of drug-likeness (QED) is 0.0458. The maximum absolute atomic E-state index is 13.3. The first-order chi connectivity index (χ1) is 31.0. The molecule has 0 radical (unpaired) electrons. The molecule has 1 aliphatic rings. The molecular formula is C48H40N2O12S2. The van der Waals surface area contributed by atoms with E-state index in [-0.39, 0.29) is 51.9 Å². The highest BCUT2D eigenvalue weighted by Crippen LogP contribution is 2.59. The molecule has 14 nitrogen and oxygen atoms in total. The number of methoxy groups -OCH3 is 2. The molecule has 1 aliphatic heterocycles. The van der Waals surface area contributed by atoms with E-state index in [0.29, 0.717) is 62.7 Å². The van der Waals surface area contributed by atoms with Crippen LogP contribution in [0.4, 0.5) is 0 Å².